The fourth-order valence-corrected chi connectivity index (χ4v) is 4.11. The topological polar surface area (TPSA) is 84.3 Å². The fraction of sp³-hybridized carbons (Fsp3) is 0.320. The van der Waals surface area contributed by atoms with E-state index in [0.717, 1.165) is 39.6 Å². The lowest BCUT2D eigenvalue weighted by atomic mass is 10.0. The van der Waals surface area contributed by atoms with Crippen LogP contribution in [0.15, 0.2) is 42.7 Å². The molecule has 3 aromatic rings. The van der Waals surface area contributed by atoms with Crippen molar-refractivity contribution in [1.29, 1.82) is 0 Å². The van der Waals surface area contributed by atoms with E-state index >= 15 is 0 Å². The molecule has 2 N–H and O–H groups in total. The first-order valence-corrected chi connectivity index (χ1v) is 10.8. The molecule has 2 aromatic heterocycles. The number of benzene rings is 1. The molecule has 1 amide bonds. The summed E-state index contributed by atoms with van der Waals surface area (Å²) in [5.41, 5.74) is 5.34. The number of anilines is 3. The Kier molecular flexibility index (Phi) is 6.33. The average Bonchev–Trinajstić information content (AvgIpc) is 3.26. The maximum atomic E-state index is 12.6. The van der Waals surface area contributed by atoms with E-state index in [1.54, 1.807) is 7.11 Å². The van der Waals surface area contributed by atoms with E-state index < -0.39 is 6.04 Å². The zero-order valence-electron chi connectivity index (χ0n) is 19.3. The first-order chi connectivity index (χ1) is 15.9. The Morgan fingerprint density at radius 3 is 2.91 bits per heavy atom. The van der Waals surface area contributed by atoms with Gasteiger partial charge in [-0.05, 0) is 25.5 Å². The molecule has 0 unspecified atom stereocenters. The summed E-state index contributed by atoms with van der Waals surface area (Å²) < 4.78 is 7.29. The van der Waals surface area contributed by atoms with Crippen LogP contribution in [0.2, 0.25) is 0 Å². The minimum atomic E-state index is -0.415. The van der Waals surface area contributed by atoms with Crippen LogP contribution in [0.5, 0.6) is 0 Å². The fourth-order valence-electron chi connectivity index (χ4n) is 4.11. The predicted octanol–water partition coefficient (Wildman–Crippen LogP) is 3.02. The number of methoxy groups -OCH3 is 1. The lowest BCUT2D eigenvalue weighted by molar-refractivity contribution is -0.120. The van der Waals surface area contributed by atoms with Crippen molar-refractivity contribution in [2.24, 2.45) is 0 Å². The van der Waals surface area contributed by atoms with Gasteiger partial charge in [-0.25, -0.2) is 4.98 Å². The number of pyridine rings is 1. The summed E-state index contributed by atoms with van der Waals surface area (Å²) in [6.45, 7) is 4.95. The maximum absolute atomic E-state index is 12.6. The molecule has 0 spiro atoms. The van der Waals surface area contributed by atoms with Crippen molar-refractivity contribution in [3.63, 3.8) is 0 Å². The smallest absolute Gasteiger partial charge is 0.249 e. The lowest BCUT2D eigenvalue weighted by Gasteiger charge is -2.38. The largest absolute Gasteiger partial charge is 0.379 e. The molecule has 4 rings (SSSR count). The van der Waals surface area contributed by atoms with Gasteiger partial charge in [-0.2, -0.15) is 5.10 Å². The monoisotopic (exact) mass is 444 g/mol. The number of rotatable bonds is 7. The number of carbonyl (C=O) groups is 1. The van der Waals surface area contributed by atoms with Crippen LogP contribution in [0.1, 0.15) is 29.3 Å². The van der Waals surface area contributed by atoms with Gasteiger partial charge in [0.2, 0.25) is 5.91 Å². The Labute approximate surface area is 194 Å². The minimum Gasteiger partial charge on any atom is -0.379 e. The molecule has 1 aliphatic heterocycles. The minimum absolute atomic E-state index is 0.0937. The first kappa shape index (κ1) is 22.4. The molecule has 0 bridgehead atoms. The van der Waals surface area contributed by atoms with Crippen molar-refractivity contribution < 1.29 is 9.53 Å². The molecule has 1 aliphatic rings. The van der Waals surface area contributed by atoms with E-state index in [4.69, 9.17) is 11.2 Å². The lowest BCUT2D eigenvalue weighted by Crippen LogP contribution is -2.52. The Bertz CT molecular complexity index is 1210. The van der Waals surface area contributed by atoms with Gasteiger partial charge in [0.1, 0.15) is 11.9 Å². The first-order valence-electron chi connectivity index (χ1n) is 10.8. The highest BCUT2D eigenvalue weighted by Gasteiger charge is 2.36. The Hall–Kier alpha value is -3.83. The summed E-state index contributed by atoms with van der Waals surface area (Å²) in [4.78, 5) is 19.2. The van der Waals surface area contributed by atoms with Crippen molar-refractivity contribution in [2.75, 3.05) is 29.7 Å². The van der Waals surface area contributed by atoms with Gasteiger partial charge in [0.05, 0.1) is 35.9 Å². The molecule has 0 saturated heterocycles. The van der Waals surface area contributed by atoms with Gasteiger partial charge in [-0.1, -0.05) is 24.1 Å². The number of carbonyl (C=O) groups excluding carboxylic acids is 1. The molecule has 2 atom stereocenters. The van der Waals surface area contributed by atoms with Gasteiger partial charge in [0.15, 0.2) is 0 Å². The quantitative estimate of drug-likeness (QED) is 0.545. The summed E-state index contributed by atoms with van der Waals surface area (Å²) in [6.07, 6.45) is 9.18. The molecule has 0 radical (unpaired) electrons. The number of hydrogen-bond acceptors (Lipinski definition) is 6. The third-order valence-electron chi connectivity index (χ3n) is 5.98. The highest BCUT2D eigenvalue weighted by molar-refractivity contribution is 6.04. The van der Waals surface area contributed by atoms with E-state index in [0.29, 0.717) is 13.1 Å². The third kappa shape index (κ3) is 4.54. The second-order valence-electron chi connectivity index (χ2n) is 8.17. The van der Waals surface area contributed by atoms with Gasteiger partial charge in [0.25, 0.3) is 0 Å². The van der Waals surface area contributed by atoms with Gasteiger partial charge in [-0.15, -0.1) is 6.42 Å². The van der Waals surface area contributed by atoms with Crippen LogP contribution >= 0.6 is 0 Å². The summed E-state index contributed by atoms with van der Waals surface area (Å²) in [5, 5.41) is 10.8. The van der Waals surface area contributed by atoms with E-state index in [-0.39, 0.29) is 12.0 Å². The number of nitrogens with one attached hydrogen (secondary N) is 2. The normalized spacial score (nSPS) is 16.0. The molecule has 8 nitrogen and oxygen atoms in total. The van der Waals surface area contributed by atoms with Gasteiger partial charge >= 0.3 is 0 Å². The molecule has 33 heavy (non-hydrogen) atoms. The SMILES string of the molecule is C#Cc1ccccc1Cn1cc(CNc2cc3c(c(C)n2)NC(=O)[C@H]([C@@H](C)OC)N3C)cn1. The van der Waals surface area contributed by atoms with Crippen molar-refractivity contribution in [3.05, 3.63) is 65.1 Å². The van der Waals surface area contributed by atoms with Crippen LogP contribution in [0.3, 0.4) is 0 Å². The number of terminal acetylenes is 1. The molecule has 0 aliphatic carbocycles. The molecule has 1 aromatic carbocycles. The highest BCUT2D eigenvalue weighted by atomic mass is 16.5. The van der Waals surface area contributed by atoms with E-state index in [2.05, 4.69) is 26.6 Å². The zero-order chi connectivity index (χ0) is 23.5. The molecule has 3 heterocycles. The van der Waals surface area contributed by atoms with Gasteiger partial charge in [-0.3, -0.25) is 9.48 Å². The summed E-state index contributed by atoms with van der Waals surface area (Å²) in [7, 11) is 3.51. The van der Waals surface area contributed by atoms with Crippen molar-refractivity contribution in [3.8, 4) is 12.3 Å². The van der Waals surface area contributed by atoms with Crippen LogP contribution in [0.4, 0.5) is 17.2 Å². The van der Waals surface area contributed by atoms with Crippen molar-refractivity contribution >= 4 is 23.1 Å². The van der Waals surface area contributed by atoms with Crippen molar-refractivity contribution in [1.82, 2.24) is 14.8 Å². The zero-order valence-corrected chi connectivity index (χ0v) is 19.3. The Morgan fingerprint density at radius 2 is 2.15 bits per heavy atom. The Morgan fingerprint density at radius 1 is 1.36 bits per heavy atom. The predicted molar refractivity (Wildman–Crippen MR) is 129 cm³/mol. The van der Waals surface area contributed by atoms with E-state index in [1.165, 1.54) is 0 Å². The molecular weight excluding hydrogens is 416 g/mol. The second-order valence-corrected chi connectivity index (χ2v) is 8.17. The number of aryl methyl sites for hydroxylation is 1. The molecule has 8 heteroatoms. The molecule has 170 valence electrons. The van der Waals surface area contributed by atoms with Crippen LogP contribution in [0, 0.1) is 19.3 Å². The van der Waals surface area contributed by atoms with Gasteiger partial charge in [0, 0.05) is 44.1 Å². The Balaban J connectivity index is 1.48. The summed E-state index contributed by atoms with van der Waals surface area (Å²) >= 11 is 0. The molecular formula is C25H28N6O2. The standard InChI is InChI=1S/C25H28N6O2/c1-6-19-9-7-8-10-20(19)15-31-14-18(13-27-31)12-26-22-11-21-23(16(2)28-22)29-25(32)24(30(21)4)17(3)33-5/h1,7-11,13-14,17,24H,12,15H2,2-5H3,(H,26,28)(H,29,32)/t17-,24+/m1/s1. The number of likely N-dealkylation sites (N-methyl/N-ethyl adjacent to an activating group) is 1. The summed E-state index contributed by atoms with van der Waals surface area (Å²) in [5.74, 6) is 3.35. The molecule has 0 saturated carbocycles. The van der Waals surface area contributed by atoms with Crippen molar-refractivity contribution in [2.45, 2.75) is 39.1 Å². The van der Waals surface area contributed by atoms with Gasteiger partial charge < -0.3 is 20.3 Å². The van der Waals surface area contributed by atoms with Crippen LogP contribution in [0.25, 0.3) is 0 Å². The second kappa shape index (κ2) is 9.35. The highest BCUT2D eigenvalue weighted by Crippen LogP contribution is 2.36. The number of hydrogen-bond donors (Lipinski definition) is 2. The van der Waals surface area contributed by atoms with E-state index in [9.17, 15) is 4.79 Å². The summed E-state index contributed by atoms with van der Waals surface area (Å²) in [6, 6.07) is 9.39. The van der Waals surface area contributed by atoms with Crippen LogP contribution in [-0.4, -0.2) is 47.0 Å². The number of aromatic nitrogens is 3. The maximum Gasteiger partial charge on any atom is 0.249 e. The number of ether oxygens (including phenoxy) is 1. The average molecular weight is 445 g/mol. The van der Waals surface area contributed by atoms with Crippen LogP contribution in [-0.2, 0) is 22.6 Å². The van der Waals surface area contributed by atoms with E-state index in [1.807, 2.05) is 73.2 Å². The number of fused-ring (bicyclic) bond motifs is 1. The third-order valence-corrected chi connectivity index (χ3v) is 5.98. The number of nitrogens with zero attached hydrogens (tertiary/aromatic N) is 4. The van der Waals surface area contributed by atoms with Crippen LogP contribution < -0.4 is 15.5 Å². The molecule has 0 fully saturated rings. The number of amides is 1.